The summed E-state index contributed by atoms with van der Waals surface area (Å²) >= 11 is 0. The van der Waals surface area contributed by atoms with Gasteiger partial charge in [0.1, 0.15) is 0 Å². The van der Waals surface area contributed by atoms with E-state index in [0.29, 0.717) is 5.69 Å². The highest BCUT2D eigenvalue weighted by atomic mass is 19.4. The highest BCUT2D eigenvalue weighted by Crippen LogP contribution is 2.24. The Morgan fingerprint density at radius 2 is 2.00 bits per heavy atom. The number of amides is 1. The zero-order valence-corrected chi connectivity index (χ0v) is 17.1. The number of carbonyl (C=O) groups excluding carboxylic acids is 1. The summed E-state index contributed by atoms with van der Waals surface area (Å²) in [6.45, 7) is 4.85. The number of rotatable bonds is 6. The van der Waals surface area contributed by atoms with E-state index in [1.165, 1.54) is 15.4 Å². The molecule has 3 aromatic rings. The van der Waals surface area contributed by atoms with Crippen LogP contribution in [0.4, 0.5) is 13.2 Å². The van der Waals surface area contributed by atoms with Crippen molar-refractivity contribution in [2.75, 3.05) is 19.6 Å². The molecule has 0 aromatic carbocycles. The molecule has 0 aliphatic carbocycles. The number of likely N-dealkylation sites (tertiary alicyclic amines) is 1. The van der Waals surface area contributed by atoms with E-state index in [2.05, 4.69) is 32.6 Å². The van der Waals surface area contributed by atoms with Crippen molar-refractivity contribution in [3.63, 3.8) is 0 Å². The van der Waals surface area contributed by atoms with Crippen LogP contribution >= 0.6 is 0 Å². The monoisotopic (exact) mass is 435 g/mol. The number of nitrogens with one attached hydrogen (secondary N) is 1. The van der Waals surface area contributed by atoms with Crippen molar-refractivity contribution in [3.05, 3.63) is 42.0 Å². The van der Waals surface area contributed by atoms with Crippen LogP contribution in [-0.4, -0.2) is 67.3 Å². The maximum Gasteiger partial charge on any atom is 0.393 e. The molecule has 0 bridgehead atoms. The quantitative estimate of drug-likeness (QED) is 0.644. The van der Waals surface area contributed by atoms with Crippen molar-refractivity contribution in [3.8, 4) is 5.69 Å². The molecular weight excluding hydrogens is 411 g/mol. The topological polar surface area (TPSA) is 80.3 Å². The first-order chi connectivity index (χ1) is 14.8. The van der Waals surface area contributed by atoms with Gasteiger partial charge in [0, 0.05) is 30.9 Å². The van der Waals surface area contributed by atoms with Crippen molar-refractivity contribution < 1.29 is 18.0 Å². The second-order valence-corrected chi connectivity index (χ2v) is 7.82. The molecule has 11 heteroatoms. The number of nitrogens with zero attached hydrogens (tertiary/aromatic N) is 6. The third-order valence-corrected chi connectivity index (χ3v) is 5.41. The first-order valence-corrected chi connectivity index (χ1v) is 10.3. The summed E-state index contributed by atoms with van der Waals surface area (Å²) in [7, 11) is 0. The van der Waals surface area contributed by atoms with Crippen LogP contribution in [0.5, 0.6) is 0 Å². The Balaban J connectivity index is 1.56. The van der Waals surface area contributed by atoms with Gasteiger partial charge in [0.05, 0.1) is 30.0 Å². The van der Waals surface area contributed by atoms with Gasteiger partial charge >= 0.3 is 6.18 Å². The summed E-state index contributed by atoms with van der Waals surface area (Å²) < 4.78 is 42.2. The van der Waals surface area contributed by atoms with Crippen LogP contribution < -0.4 is 5.32 Å². The third kappa shape index (κ3) is 5.04. The summed E-state index contributed by atoms with van der Waals surface area (Å²) in [6, 6.07) is 3.34. The fourth-order valence-corrected chi connectivity index (χ4v) is 3.90. The van der Waals surface area contributed by atoms with E-state index in [1.54, 1.807) is 24.5 Å². The predicted octanol–water partition coefficient (Wildman–Crippen LogP) is 2.62. The maximum atomic E-state index is 13.1. The second-order valence-electron chi connectivity index (χ2n) is 7.82. The fraction of sp³-hybridized carbons (Fsp3) is 0.500. The van der Waals surface area contributed by atoms with Crippen molar-refractivity contribution in [1.29, 1.82) is 0 Å². The molecule has 4 heterocycles. The molecule has 1 N–H and O–H groups in total. The first kappa shape index (κ1) is 21.3. The number of aromatic nitrogens is 5. The van der Waals surface area contributed by atoms with Crippen LogP contribution in [0.15, 0.2) is 30.7 Å². The Hall–Kier alpha value is -2.95. The minimum absolute atomic E-state index is 0.0732. The molecule has 1 fully saturated rings. The fourth-order valence-electron chi connectivity index (χ4n) is 3.90. The average molecular weight is 435 g/mol. The molecule has 0 spiro atoms. The number of hydrogen-bond donors (Lipinski definition) is 1. The standard InChI is InChI=1S/C20H24F3N7O/c1-2-7-28-8-5-15(6-9-28)25-19(31)18-14(10-20(21,22)23)12-29(26-18)17-4-3-16-11-24-27-30(16)13-17/h3-4,11-13,15H,2,5-10H2,1H3,(H,25,31). The van der Waals surface area contributed by atoms with Gasteiger partial charge in [-0.3, -0.25) is 4.79 Å². The molecule has 4 rings (SSSR count). The minimum atomic E-state index is -4.45. The summed E-state index contributed by atoms with van der Waals surface area (Å²) in [5, 5.41) is 14.7. The third-order valence-electron chi connectivity index (χ3n) is 5.41. The smallest absolute Gasteiger partial charge is 0.348 e. The van der Waals surface area contributed by atoms with Gasteiger partial charge in [-0.2, -0.15) is 18.3 Å². The summed E-state index contributed by atoms with van der Waals surface area (Å²) in [6.07, 6.45) is 1.33. The van der Waals surface area contributed by atoms with Crippen molar-refractivity contribution >= 4 is 11.4 Å². The van der Waals surface area contributed by atoms with Gasteiger partial charge in [0.2, 0.25) is 0 Å². The SMILES string of the molecule is CCCN1CCC(NC(=O)c2nn(-c3ccc4cnnn4c3)cc2CC(F)(F)F)CC1. The Bertz CT molecular complexity index is 1050. The van der Waals surface area contributed by atoms with Crippen LogP contribution in [0.2, 0.25) is 0 Å². The lowest BCUT2D eigenvalue weighted by molar-refractivity contribution is -0.127. The summed E-state index contributed by atoms with van der Waals surface area (Å²) in [5.74, 6) is -0.575. The van der Waals surface area contributed by atoms with Crippen LogP contribution in [0, 0.1) is 0 Å². The number of halogens is 3. The summed E-state index contributed by atoms with van der Waals surface area (Å²) in [4.78, 5) is 15.2. The number of piperidine rings is 1. The van der Waals surface area contributed by atoms with E-state index in [9.17, 15) is 18.0 Å². The van der Waals surface area contributed by atoms with E-state index >= 15 is 0 Å². The van der Waals surface area contributed by atoms with E-state index in [-0.39, 0.29) is 17.3 Å². The lowest BCUT2D eigenvalue weighted by Gasteiger charge is -2.31. The Kier molecular flexibility index (Phi) is 5.94. The van der Waals surface area contributed by atoms with Gasteiger partial charge in [-0.1, -0.05) is 12.1 Å². The molecule has 166 valence electrons. The van der Waals surface area contributed by atoms with Gasteiger partial charge in [0.15, 0.2) is 5.69 Å². The number of pyridine rings is 1. The van der Waals surface area contributed by atoms with Gasteiger partial charge in [-0.15, -0.1) is 5.10 Å². The number of carbonyl (C=O) groups is 1. The Morgan fingerprint density at radius 1 is 1.23 bits per heavy atom. The van der Waals surface area contributed by atoms with E-state index in [4.69, 9.17) is 0 Å². The van der Waals surface area contributed by atoms with Gasteiger partial charge in [0.25, 0.3) is 5.91 Å². The highest BCUT2D eigenvalue weighted by molar-refractivity contribution is 5.94. The Labute approximate surface area is 177 Å². The van der Waals surface area contributed by atoms with Crippen molar-refractivity contribution in [2.45, 2.75) is 44.8 Å². The van der Waals surface area contributed by atoms with Crippen LogP contribution in [0.3, 0.4) is 0 Å². The van der Waals surface area contributed by atoms with Crippen LogP contribution in [0.1, 0.15) is 42.2 Å². The minimum Gasteiger partial charge on any atom is -0.348 e. The van der Waals surface area contributed by atoms with Crippen molar-refractivity contribution in [2.24, 2.45) is 0 Å². The predicted molar refractivity (Wildman–Crippen MR) is 107 cm³/mol. The molecule has 0 unspecified atom stereocenters. The molecule has 31 heavy (non-hydrogen) atoms. The number of hydrogen-bond acceptors (Lipinski definition) is 5. The van der Waals surface area contributed by atoms with Gasteiger partial charge in [-0.25, -0.2) is 9.20 Å². The first-order valence-electron chi connectivity index (χ1n) is 10.3. The summed E-state index contributed by atoms with van der Waals surface area (Å²) in [5.41, 5.74) is 0.853. The second kappa shape index (κ2) is 8.66. The normalized spacial score (nSPS) is 16.1. The van der Waals surface area contributed by atoms with E-state index in [1.807, 2.05) is 0 Å². The largest absolute Gasteiger partial charge is 0.393 e. The molecule has 1 aliphatic heterocycles. The van der Waals surface area contributed by atoms with Crippen LogP contribution in [-0.2, 0) is 6.42 Å². The molecular formula is C20H24F3N7O. The Morgan fingerprint density at radius 3 is 2.71 bits per heavy atom. The molecule has 1 aliphatic rings. The lowest BCUT2D eigenvalue weighted by Crippen LogP contribution is -2.45. The molecule has 0 radical (unpaired) electrons. The van der Waals surface area contributed by atoms with E-state index in [0.717, 1.165) is 44.4 Å². The lowest BCUT2D eigenvalue weighted by atomic mass is 10.0. The molecule has 0 atom stereocenters. The molecule has 3 aromatic heterocycles. The maximum absolute atomic E-state index is 13.1. The average Bonchev–Trinajstić information content (AvgIpc) is 3.34. The number of alkyl halides is 3. The van der Waals surface area contributed by atoms with Crippen LogP contribution in [0.25, 0.3) is 11.2 Å². The highest BCUT2D eigenvalue weighted by Gasteiger charge is 2.32. The molecule has 8 nitrogen and oxygen atoms in total. The van der Waals surface area contributed by atoms with Gasteiger partial charge < -0.3 is 10.2 Å². The number of fused-ring (bicyclic) bond motifs is 1. The molecule has 1 saturated heterocycles. The molecule has 1 amide bonds. The zero-order valence-electron chi connectivity index (χ0n) is 17.1. The van der Waals surface area contributed by atoms with E-state index < -0.39 is 18.5 Å². The van der Waals surface area contributed by atoms with Gasteiger partial charge in [-0.05, 0) is 37.9 Å². The van der Waals surface area contributed by atoms with Crippen molar-refractivity contribution in [1.82, 2.24) is 34.8 Å². The zero-order chi connectivity index (χ0) is 22.0. The molecule has 0 saturated carbocycles.